The maximum Gasteiger partial charge on any atom is 0.120 e. The average molecular weight is 219 g/mol. The van der Waals surface area contributed by atoms with Crippen molar-refractivity contribution in [1.82, 2.24) is 0 Å². The molecule has 16 heavy (non-hydrogen) atoms. The van der Waals surface area contributed by atoms with Gasteiger partial charge in [-0.3, -0.25) is 0 Å². The van der Waals surface area contributed by atoms with Gasteiger partial charge in [-0.2, -0.15) is 0 Å². The van der Waals surface area contributed by atoms with Crippen molar-refractivity contribution in [1.29, 1.82) is 0 Å². The van der Waals surface area contributed by atoms with Gasteiger partial charge >= 0.3 is 0 Å². The number of phenols is 1. The first-order valence-electron chi connectivity index (χ1n) is 6.38. The van der Waals surface area contributed by atoms with Crippen molar-refractivity contribution in [2.24, 2.45) is 0 Å². The van der Waals surface area contributed by atoms with E-state index in [1.54, 1.807) is 6.07 Å². The van der Waals surface area contributed by atoms with Gasteiger partial charge in [0.1, 0.15) is 5.75 Å². The van der Waals surface area contributed by atoms with Crippen LogP contribution in [0.2, 0.25) is 0 Å². The molecule has 0 atom stereocenters. The van der Waals surface area contributed by atoms with Gasteiger partial charge in [0.15, 0.2) is 0 Å². The number of hydrogen-bond donors (Lipinski definition) is 1. The lowest BCUT2D eigenvalue weighted by Crippen LogP contribution is -2.30. The first kappa shape index (κ1) is 11.3. The standard InChI is InChI=1S/C14H21NO/c1-2-7-12-13(8-6-9-14(12)16)15-10-4-3-5-11-15/h6,8-9,16H,2-5,7,10-11H2,1H3. The zero-order valence-electron chi connectivity index (χ0n) is 10.1. The topological polar surface area (TPSA) is 23.5 Å². The summed E-state index contributed by atoms with van der Waals surface area (Å²) in [5.41, 5.74) is 2.38. The van der Waals surface area contributed by atoms with Crippen LogP contribution in [-0.4, -0.2) is 18.2 Å². The van der Waals surface area contributed by atoms with Gasteiger partial charge in [0.05, 0.1) is 0 Å². The highest BCUT2D eigenvalue weighted by molar-refractivity contribution is 5.59. The van der Waals surface area contributed by atoms with E-state index in [2.05, 4.69) is 17.9 Å². The summed E-state index contributed by atoms with van der Waals surface area (Å²) >= 11 is 0. The van der Waals surface area contributed by atoms with Gasteiger partial charge in [-0.05, 0) is 37.8 Å². The molecule has 2 heteroatoms. The molecule has 0 spiro atoms. The first-order valence-corrected chi connectivity index (χ1v) is 6.38. The monoisotopic (exact) mass is 219 g/mol. The van der Waals surface area contributed by atoms with E-state index in [4.69, 9.17) is 0 Å². The lowest BCUT2D eigenvalue weighted by molar-refractivity contribution is 0.466. The summed E-state index contributed by atoms with van der Waals surface area (Å²) in [5.74, 6) is 0.463. The van der Waals surface area contributed by atoms with Crippen LogP contribution in [0.15, 0.2) is 18.2 Å². The number of anilines is 1. The zero-order valence-corrected chi connectivity index (χ0v) is 10.1. The molecule has 0 radical (unpaired) electrons. The number of nitrogens with zero attached hydrogens (tertiary/aromatic N) is 1. The second-order valence-corrected chi connectivity index (χ2v) is 4.57. The van der Waals surface area contributed by atoms with Crippen molar-refractivity contribution in [2.75, 3.05) is 18.0 Å². The van der Waals surface area contributed by atoms with Crippen molar-refractivity contribution in [3.63, 3.8) is 0 Å². The van der Waals surface area contributed by atoms with Crippen LogP contribution in [-0.2, 0) is 6.42 Å². The number of piperidine rings is 1. The minimum absolute atomic E-state index is 0.463. The van der Waals surface area contributed by atoms with E-state index in [9.17, 15) is 5.11 Å². The lowest BCUT2D eigenvalue weighted by atomic mass is 10.0. The summed E-state index contributed by atoms with van der Waals surface area (Å²) in [6.45, 7) is 4.44. The third kappa shape index (κ3) is 2.31. The summed E-state index contributed by atoms with van der Waals surface area (Å²) < 4.78 is 0. The molecule has 1 heterocycles. The second kappa shape index (κ2) is 5.24. The zero-order chi connectivity index (χ0) is 11.4. The Bertz CT molecular complexity index is 343. The number of phenolic OH excluding ortho intramolecular Hbond substituents is 1. The highest BCUT2D eigenvalue weighted by Gasteiger charge is 2.15. The van der Waals surface area contributed by atoms with E-state index in [0.717, 1.165) is 31.5 Å². The smallest absolute Gasteiger partial charge is 0.120 e. The van der Waals surface area contributed by atoms with Crippen molar-refractivity contribution in [3.8, 4) is 5.75 Å². The van der Waals surface area contributed by atoms with Crippen molar-refractivity contribution >= 4 is 5.69 Å². The first-order chi connectivity index (χ1) is 7.83. The molecular weight excluding hydrogens is 198 g/mol. The maximum atomic E-state index is 9.93. The Morgan fingerprint density at radius 3 is 2.62 bits per heavy atom. The van der Waals surface area contributed by atoms with Crippen LogP contribution >= 0.6 is 0 Å². The summed E-state index contributed by atoms with van der Waals surface area (Å²) in [6.07, 6.45) is 5.96. The molecule has 1 aliphatic heterocycles. The van der Waals surface area contributed by atoms with Gasteiger partial charge in [-0.1, -0.05) is 19.4 Å². The average Bonchev–Trinajstić information content (AvgIpc) is 2.33. The molecule has 1 fully saturated rings. The predicted molar refractivity (Wildman–Crippen MR) is 68.2 cm³/mol. The predicted octanol–water partition coefficient (Wildman–Crippen LogP) is 3.34. The molecule has 1 N–H and O–H groups in total. The summed E-state index contributed by atoms with van der Waals surface area (Å²) in [5, 5.41) is 9.93. The Morgan fingerprint density at radius 2 is 1.94 bits per heavy atom. The molecule has 88 valence electrons. The molecule has 0 aromatic heterocycles. The van der Waals surface area contributed by atoms with E-state index >= 15 is 0 Å². The van der Waals surface area contributed by atoms with E-state index in [1.807, 2.05) is 6.07 Å². The van der Waals surface area contributed by atoms with E-state index in [-0.39, 0.29) is 0 Å². The second-order valence-electron chi connectivity index (χ2n) is 4.57. The van der Waals surface area contributed by atoms with Crippen LogP contribution in [0.5, 0.6) is 5.75 Å². The van der Waals surface area contributed by atoms with Crippen LogP contribution in [0.25, 0.3) is 0 Å². The Labute approximate surface area is 97.9 Å². The third-order valence-corrected chi connectivity index (χ3v) is 3.32. The van der Waals surface area contributed by atoms with Gasteiger partial charge in [-0.25, -0.2) is 0 Å². The molecule has 1 aromatic rings. The van der Waals surface area contributed by atoms with Gasteiger partial charge in [0, 0.05) is 24.3 Å². The van der Waals surface area contributed by atoms with Gasteiger partial charge in [0.2, 0.25) is 0 Å². The van der Waals surface area contributed by atoms with Crippen molar-refractivity contribution < 1.29 is 5.11 Å². The molecule has 0 saturated carbocycles. The molecule has 2 nitrogen and oxygen atoms in total. The van der Waals surface area contributed by atoms with E-state index in [1.165, 1.54) is 24.9 Å². The molecular formula is C14H21NO. The molecule has 0 bridgehead atoms. The van der Waals surface area contributed by atoms with Crippen molar-refractivity contribution in [2.45, 2.75) is 39.0 Å². The van der Waals surface area contributed by atoms with E-state index in [0.29, 0.717) is 5.75 Å². The fourth-order valence-corrected chi connectivity index (χ4v) is 2.50. The van der Waals surface area contributed by atoms with Gasteiger partial charge < -0.3 is 10.0 Å². The minimum atomic E-state index is 0.463. The lowest BCUT2D eigenvalue weighted by Gasteiger charge is -2.30. The largest absolute Gasteiger partial charge is 0.508 e. The highest BCUT2D eigenvalue weighted by Crippen LogP contribution is 2.31. The fourth-order valence-electron chi connectivity index (χ4n) is 2.50. The van der Waals surface area contributed by atoms with Crippen LogP contribution in [0.3, 0.4) is 0 Å². The fraction of sp³-hybridized carbons (Fsp3) is 0.571. The Hall–Kier alpha value is -1.18. The van der Waals surface area contributed by atoms with Crippen LogP contribution in [0.4, 0.5) is 5.69 Å². The van der Waals surface area contributed by atoms with Gasteiger partial charge in [0.25, 0.3) is 0 Å². The number of benzene rings is 1. The normalized spacial score (nSPS) is 16.4. The van der Waals surface area contributed by atoms with Crippen LogP contribution < -0.4 is 4.90 Å². The maximum absolute atomic E-state index is 9.93. The van der Waals surface area contributed by atoms with Gasteiger partial charge in [-0.15, -0.1) is 0 Å². The number of rotatable bonds is 3. The Morgan fingerprint density at radius 1 is 1.19 bits per heavy atom. The third-order valence-electron chi connectivity index (χ3n) is 3.32. The molecule has 1 aromatic carbocycles. The van der Waals surface area contributed by atoms with Crippen LogP contribution in [0, 0.1) is 0 Å². The molecule has 1 aliphatic rings. The summed E-state index contributed by atoms with van der Waals surface area (Å²) in [7, 11) is 0. The number of aromatic hydroxyl groups is 1. The van der Waals surface area contributed by atoms with Crippen molar-refractivity contribution in [3.05, 3.63) is 23.8 Å². The molecule has 1 saturated heterocycles. The highest BCUT2D eigenvalue weighted by atomic mass is 16.3. The quantitative estimate of drug-likeness (QED) is 0.842. The SMILES string of the molecule is CCCc1c(O)cccc1N1CCCCC1. The van der Waals surface area contributed by atoms with E-state index < -0.39 is 0 Å². The Kier molecular flexibility index (Phi) is 3.70. The molecule has 0 amide bonds. The molecule has 2 rings (SSSR count). The molecule has 0 aliphatic carbocycles. The summed E-state index contributed by atoms with van der Waals surface area (Å²) in [4.78, 5) is 2.42. The minimum Gasteiger partial charge on any atom is -0.508 e. The number of hydrogen-bond acceptors (Lipinski definition) is 2. The molecule has 0 unspecified atom stereocenters. The summed E-state index contributed by atoms with van der Waals surface area (Å²) in [6, 6.07) is 5.91. The Balaban J connectivity index is 2.27. The van der Waals surface area contributed by atoms with Crippen LogP contribution in [0.1, 0.15) is 38.2 Å².